The molecule has 1 aromatic carbocycles. The van der Waals surface area contributed by atoms with Gasteiger partial charge in [-0.3, -0.25) is 10.1 Å². The number of benzene rings is 1. The van der Waals surface area contributed by atoms with Crippen molar-refractivity contribution in [3.05, 3.63) is 35.7 Å². The molecular formula is C14H16N4O3. The van der Waals surface area contributed by atoms with Gasteiger partial charge in [0.2, 0.25) is 11.8 Å². The van der Waals surface area contributed by atoms with Gasteiger partial charge in [-0.25, -0.2) is 0 Å². The molecule has 0 radical (unpaired) electrons. The van der Waals surface area contributed by atoms with Crippen LogP contribution in [0.5, 0.6) is 5.75 Å². The number of aromatic nitrogens is 2. The van der Waals surface area contributed by atoms with Crippen LogP contribution in [0.4, 0.5) is 6.01 Å². The second-order valence-corrected chi connectivity index (χ2v) is 5.19. The second kappa shape index (κ2) is 5.53. The minimum Gasteiger partial charge on any atom is -0.508 e. The lowest BCUT2D eigenvalue weighted by molar-refractivity contribution is -0.117. The number of anilines is 1. The Kier molecular flexibility index (Phi) is 3.57. The predicted molar refractivity (Wildman–Crippen MR) is 74.7 cm³/mol. The summed E-state index contributed by atoms with van der Waals surface area (Å²) in [5.41, 5.74) is 6.71. The molecule has 0 bridgehead atoms. The van der Waals surface area contributed by atoms with Crippen LogP contribution in [-0.2, 0) is 11.2 Å². The molecule has 1 aliphatic rings. The minimum absolute atomic E-state index is 0.0862. The van der Waals surface area contributed by atoms with Crippen molar-refractivity contribution >= 4 is 11.9 Å². The lowest BCUT2D eigenvalue weighted by Crippen LogP contribution is -2.37. The van der Waals surface area contributed by atoms with E-state index in [4.69, 9.17) is 10.2 Å². The van der Waals surface area contributed by atoms with Crippen molar-refractivity contribution in [2.24, 2.45) is 5.73 Å². The summed E-state index contributed by atoms with van der Waals surface area (Å²) in [6.45, 7) is 0. The summed E-state index contributed by atoms with van der Waals surface area (Å²) >= 11 is 0. The number of nitrogens with one attached hydrogen (secondary N) is 1. The smallest absolute Gasteiger partial charge is 0.322 e. The van der Waals surface area contributed by atoms with Crippen LogP contribution in [0.1, 0.15) is 30.2 Å². The van der Waals surface area contributed by atoms with Crippen molar-refractivity contribution in [2.45, 2.75) is 31.2 Å². The normalized spacial score (nSPS) is 15.7. The highest BCUT2D eigenvalue weighted by molar-refractivity contribution is 5.93. The van der Waals surface area contributed by atoms with E-state index in [0.29, 0.717) is 18.2 Å². The number of carbonyl (C=O) groups excluding carboxylic acids is 1. The summed E-state index contributed by atoms with van der Waals surface area (Å²) in [5, 5.41) is 19.4. The molecule has 1 aliphatic carbocycles. The Morgan fingerprint density at radius 3 is 2.76 bits per heavy atom. The highest BCUT2D eigenvalue weighted by Crippen LogP contribution is 2.39. The second-order valence-electron chi connectivity index (χ2n) is 5.19. The fourth-order valence-electron chi connectivity index (χ4n) is 1.96. The van der Waals surface area contributed by atoms with Gasteiger partial charge in [0, 0.05) is 5.92 Å². The van der Waals surface area contributed by atoms with Crippen LogP contribution in [-0.4, -0.2) is 27.3 Å². The Morgan fingerprint density at radius 1 is 1.38 bits per heavy atom. The zero-order valence-corrected chi connectivity index (χ0v) is 11.3. The molecule has 0 unspecified atom stereocenters. The molecule has 21 heavy (non-hydrogen) atoms. The van der Waals surface area contributed by atoms with E-state index in [1.54, 1.807) is 24.3 Å². The highest BCUT2D eigenvalue weighted by Gasteiger charge is 2.29. The van der Waals surface area contributed by atoms with Gasteiger partial charge >= 0.3 is 6.01 Å². The number of rotatable bonds is 5. The zero-order chi connectivity index (χ0) is 14.8. The molecule has 0 aliphatic heterocycles. The lowest BCUT2D eigenvalue weighted by Gasteiger charge is -2.10. The number of carbonyl (C=O) groups is 1. The Labute approximate surface area is 121 Å². The molecule has 2 aromatic rings. The van der Waals surface area contributed by atoms with Gasteiger partial charge in [-0.05, 0) is 37.0 Å². The fraction of sp³-hybridized carbons (Fsp3) is 0.357. The first-order valence-electron chi connectivity index (χ1n) is 6.79. The van der Waals surface area contributed by atoms with Crippen molar-refractivity contribution in [3.8, 4) is 5.75 Å². The number of amides is 1. The van der Waals surface area contributed by atoms with Crippen LogP contribution in [0.25, 0.3) is 0 Å². The number of nitrogens with zero attached hydrogens (tertiary/aromatic N) is 2. The van der Waals surface area contributed by atoms with Crippen LogP contribution in [0.3, 0.4) is 0 Å². The van der Waals surface area contributed by atoms with E-state index in [1.165, 1.54) is 0 Å². The van der Waals surface area contributed by atoms with E-state index < -0.39 is 6.04 Å². The molecule has 1 heterocycles. The zero-order valence-electron chi connectivity index (χ0n) is 11.3. The van der Waals surface area contributed by atoms with Gasteiger partial charge in [0.15, 0.2) is 0 Å². The van der Waals surface area contributed by atoms with Crippen molar-refractivity contribution in [2.75, 3.05) is 5.32 Å². The number of hydrogen-bond acceptors (Lipinski definition) is 6. The van der Waals surface area contributed by atoms with E-state index in [-0.39, 0.29) is 17.7 Å². The van der Waals surface area contributed by atoms with E-state index in [0.717, 1.165) is 18.4 Å². The summed E-state index contributed by atoms with van der Waals surface area (Å²) in [5.74, 6) is 0.704. The third kappa shape index (κ3) is 3.38. The topological polar surface area (TPSA) is 114 Å². The molecule has 4 N–H and O–H groups in total. The van der Waals surface area contributed by atoms with Crippen molar-refractivity contribution < 1.29 is 14.3 Å². The molecule has 0 spiro atoms. The summed E-state index contributed by atoms with van der Waals surface area (Å²) in [7, 11) is 0. The fourth-order valence-corrected chi connectivity index (χ4v) is 1.96. The number of nitrogens with two attached hydrogens (primary N) is 1. The van der Waals surface area contributed by atoms with Crippen LogP contribution in [0.15, 0.2) is 28.7 Å². The monoisotopic (exact) mass is 288 g/mol. The number of phenolic OH excluding ortho intramolecular Hbond substituents is 1. The Morgan fingerprint density at radius 2 is 2.10 bits per heavy atom. The van der Waals surface area contributed by atoms with Gasteiger partial charge in [-0.2, -0.15) is 0 Å². The van der Waals surface area contributed by atoms with Gasteiger partial charge in [-0.15, -0.1) is 5.10 Å². The first-order chi connectivity index (χ1) is 10.1. The van der Waals surface area contributed by atoms with Gasteiger partial charge in [0.1, 0.15) is 5.75 Å². The quantitative estimate of drug-likeness (QED) is 0.760. The van der Waals surface area contributed by atoms with Crippen molar-refractivity contribution in [1.29, 1.82) is 0 Å². The Bertz CT molecular complexity index is 634. The minimum atomic E-state index is -0.731. The first kappa shape index (κ1) is 13.6. The summed E-state index contributed by atoms with van der Waals surface area (Å²) < 4.78 is 5.35. The molecule has 0 saturated heterocycles. The standard InChI is InChI=1S/C14H16N4O3/c15-11(7-8-1-5-10(19)6-2-8)12(20)16-14-18-17-13(21-14)9-3-4-9/h1-2,5-6,9,11,19H,3-4,7,15H2,(H,16,18,20)/t11-/m0/s1. The average molecular weight is 288 g/mol. The Balaban J connectivity index is 1.57. The van der Waals surface area contributed by atoms with Gasteiger partial charge in [0.05, 0.1) is 6.04 Å². The molecule has 110 valence electrons. The largest absolute Gasteiger partial charge is 0.508 e. The van der Waals surface area contributed by atoms with Gasteiger partial charge in [-0.1, -0.05) is 17.2 Å². The molecule has 1 amide bonds. The molecule has 1 atom stereocenters. The third-order valence-electron chi connectivity index (χ3n) is 3.33. The van der Waals surface area contributed by atoms with Gasteiger partial charge in [0.25, 0.3) is 0 Å². The number of aromatic hydroxyl groups is 1. The molecule has 7 heteroatoms. The van der Waals surface area contributed by atoms with E-state index >= 15 is 0 Å². The van der Waals surface area contributed by atoms with Crippen LogP contribution >= 0.6 is 0 Å². The molecular weight excluding hydrogens is 272 g/mol. The van der Waals surface area contributed by atoms with E-state index in [2.05, 4.69) is 15.5 Å². The van der Waals surface area contributed by atoms with Crippen LogP contribution in [0, 0.1) is 0 Å². The number of hydrogen-bond donors (Lipinski definition) is 3. The van der Waals surface area contributed by atoms with E-state index in [9.17, 15) is 9.90 Å². The summed E-state index contributed by atoms with van der Waals surface area (Å²) in [4.78, 5) is 12.0. The first-order valence-corrected chi connectivity index (χ1v) is 6.79. The average Bonchev–Trinajstić information content (AvgIpc) is 3.22. The molecule has 1 aromatic heterocycles. The number of phenols is 1. The predicted octanol–water partition coefficient (Wildman–Crippen LogP) is 1.16. The maximum absolute atomic E-state index is 12.0. The van der Waals surface area contributed by atoms with Crippen molar-refractivity contribution in [1.82, 2.24) is 10.2 Å². The van der Waals surface area contributed by atoms with Crippen LogP contribution in [0.2, 0.25) is 0 Å². The van der Waals surface area contributed by atoms with Gasteiger partial charge < -0.3 is 15.3 Å². The summed E-state index contributed by atoms with van der Waals surface area (Å²) in [6.07, 6.45) is 2.46. The molecule has 7 nitrogen and oxygen atoms in total. The van der Waals surface area contributed by atoms with Crippen molar-refractivity contribution in [3.63, 3.8) is 0 Å². The maximum atomic E-state index is 12.0. The molecule has 3 rings (SSSR count). The summed E-state index contributed by atoms with van der Waals surface area (Å²) in [6, 6.07) is 5.91. The SMILES string of the molecule is N[C@@H](Cc1ccc(O)cc1)C(=O)Nc1nnc(C2CC2)o1. The Hall–Kier alpha value is -2.41. The maximum Gasteiger partial charge on any atom is 0.322 e. The van der Waals surface area contributed by atoms with E-state index in [1.807, 2.05) is 0 Å². The molecule has 1 fully saturated rings. The highest BCUT2D eigenvalue weighted by atomic mass is 16.4. The van der Waals surface area contributed by atoms with Crippen LogP contribution < -0.4 is 11.1 Å². The lowest BCUT2D eigenvalue weighted by atomic mass is 10.1. The third-order valence-corrected chi connectivity index (χ3v) is 3.33. The molecule has 1 saturated carbocycles.